The first kappa shape index (κ1) is 15.6. The molecule has 1 rings (SSSR count). The topological polar surface area (TPSA) is 58.7 Å². The zero-order valence-corrected chi connectivity index (χ0v) is 12.4. The van der Waals surface area contributed by atoms with Crippen molar-refractivity contribution in [2.24, 2.45) is 5.73 Å². The predicted octanol–water partition coefficient (Wildman–Crippen LogP) is 1.39. The van der Waals surface area contributed by atoms with Crippen molar-refractivity contribution in [1.82, 2.24) is 4.90 Å². The van der Waals surface area contributed by atoms with Gasteiger partial charge in [0, 0.05) is 30.7 Å². The molecule has 1 aromatic carbocycles. The molecule has 0 aromatic heterocycles. The Morgan fingerprint density at radius 3 is 2.78 bits per heavy atom. The van der Waals surface area contributed by atoms with Crippen molar-refractivity contribution in [2.45, 2.75) is 12.1 Å². The second-order valence-corrected chi connectivity index (χ2v) is 5.27. The maximum atomic E-state index is 9.75. The van der Waals surface area contributed by atoms with Crippen LogP contribution in [-0.2, 0) is 4.74 Å². The molecule has 0 saturated carbocycles. The summed E-state index contributed by atoms with van der Waals surface area (Å²) in [4.78, 5) is 2.05. The molecule has 0 aliphatic heterocycles. The second kappa shape index (κ2) is 7.86. The first-order valence-corrected chi connectivity index (χ1v) is 6.70. The summed E-state index contributed by atoms with van der Waals surface area (Å²) in [7, 11) is 3.54. The Hall–Kier alpha value is -0.460. The molecule has 0 saturated heterocycles. The summed E-state index contributed by atoms with van der Waals surface area (Å²) in [5, 5.41) is 9.75. The van der Waals surface area contributed by atoms with Crippen molar-refractivity contribution in [3.8, 4) is 0 Å². The van der Waals surface area contributed by atoms with E-state index >= 15 is 0 Å². The normalized spacial score (nSPS) is 14.8. The van der Waals surface area contributed by atoms with Crippen LogP contribution >= 0.6 is 15.9 Å². The lowest BCUT2D eigenvalue weighted by Crippen LogP contribution is -2.37. The van der Waals surface area contributed by atoms with Gasteiger partial charge in [-0.25, -0.2) is 0 Å². The fourth-order valence-corrected chi connectivity index (χ4v) is 2.41. The third-order valence-electron chi connectivity index (χ3n) is 2.85. The molecule has 0 bridgehead atoms. The highest BCUT2D eigenvalue weighted by molar-refractivity contribution is 9.10. The maximum absolute atomic E-state index is 9.75. The van der Waals surface area contributed by atoms with Crippen LogP contribution in [0.15, 0.2) is 28.7 Å². The minimum Gasteiger partial charge on any atom is -0.389 e. The molecule has 18 heavy (non-hydrogen) atoms. The number of ether oxygens (including phenoxy) is 1. The Balaban J connectivity index is 2.70. The van der Waals surface area contributed by atoms with Gasteiger partial charge in [-0.05, 0) is 24.7 Å². The van der Waals surface area contributed by atoms with Crippen LogP contribution in [0.3, 0.4) is 0 Å². The lowest BCUT2D eigenvalue weighted by molar-refractivity contribution is 0.0348. The number of halogens is 1. The summed E-state index contributed by atoms with van der Waals surface area (Å²) in [5.74, 6) is 0. The molecule has 3 N–H and O–H groups in total. The van der Waals surface area contributed by atoms with Crippen molar-refractivity contribution in [2.75, 3.05) is 33.9 Å². The van der Waals surface area contributed by atoms with Crippen molar-refractivity contribution >= 4 is 15.9 Å². The fourth-order valence-electron chi connectivity index (χ4n) is 1.99. The van der Waals surface area contributed by atoms with E-state index in [1.807, 2.05) is 30.1 Å². The molecule has 0 aliphatic carbocycles. The lowest BCUT2D eigenvalue weighted by atomic mass is 10.1. The van der Waals surface area contributed by atoms with Crippen LogP contribution < -0.4 is 5.73 Å². The van der Waals surface area contributed by atoms with Gasteiger partial charge >= 0.3 is 0 Å². The largest absolute Gasteiger partial charge is 0.389 e. The van der Waals surface area contributed by atoms with Crippen LogP contribution in [0.2, 0.25) is 0 Å². The fraction of sp³-hybridized carbons (Fsp3) is 0.538. The Labute approximate surface area is 117 Å². The molecule has 2 unspecified atom stereocenters. The molecule has 1 aromatic rings. The third-order valence-corrected chi connectivity index (χ3v) is 3.34. The van der Waals surface area contributed by atoms with Crippen LogP contribution in [0.1, 0.15) is 11.6 Å². The van der Waals surface area contributed by atoms with E-state index in [0.29, 0.717) is 19.7 Å². The van der Waals surface area contributed by atoms with Crippen molar-refractivity contribution in [3.05, 3.63) is 34.3 Å². The van der Waals surface area contributed by atoms with Gasteiger partial charge in [0.15, 0.2) is 0 Å². The van der Waals surface area contributed by atoms with Crippen molar-refractivity contribution < 1.29 is 9.84 Å². The number of nitrogens with two attached hydrogens (primary N) is 1. The molecule has 0 radical (unpaired) electrons. The Bertz CT molecular complexity index is 363. The van der Waals surface area contributed by atoms with Crippen molar-refractivity contribution in [3.63, 3.8) is 0 Å². The number of rotatable bonds is 7. The van der Waals surface area contributed by atoms with Crippen molar-refractivity contribution in [1.29, 1.82) is 0 Å². The quantitative estimate of drug-likeness (QED) is 0.798. The van der Waals surface area contributed by atoms with E-state index in [0.717, 1.165) is 10.0 Å². The summed E-state index contributed by atoms with van der Waals surface area (Å²) >= 11 is 3.46. The van der Waals surface area contributed by atoms with Gasteiger partial charge in [0.25, 0.3) is 0 Å². The SMILES string of the molecule is COCC(O)CN(C)C(CN)c1cccc(Br)c1. The molecule has 0 heterocycles. The monoisotopic (exact) mass is 316 g/mol. The lowest BCUT2D eigenvalue weighted by Gasteiger charge is -2.29. The van der Waals surface area contributed by atoms with E-state index in [9.17, 15) is 5.11 Å². The molecule has 4 nitrogen and oxygen atoms in total. The van der Waals surface area contributed by atoms with Gasteiger partial charge in [-0.15, -0.1) is 0 Å². The van der Waals surface area contributed by atoms with Crippen LogP contribution in [0.25, 0.3) is 0 Å². The van der Waals surface area contributed by atoms with Crippen LogP contribution in [-0.4, -0.2) is 50.0 Å². The molecule has 5 heteroatoms. The van der Waals surface area contributed by atoms with Gasteiger partial charge < -0.3 is 15.6 Å². The summed E-state index contributed by atoms with van der Waals surface area (Å²) in [6, 6.07) is 8.16. The van der Waals surface area contributed by atoms with Gasteiger partial charge in [0.2, 0.25) is 0 Å². The van der Waals surface area contributed by atoms with E-state index in [1.54, 1.807) is 7.11 Å². The number of hydrogen-bond acceptors (Lipinski definition) is 4. The van der Waals surface area contributed by atoms with Gasteiger partial charge in [-0.2, -0.15) is 0 Å². The number of aliphatic hydroxyl groups is 1. The minimum atomic E-state index is -0.499. The average molecular weight is 317 g/mol. The van der Waals surface area contributed by atoms with E-state index in [4.69, 9.17) is 10.5 Å². The molecule has 0 aliphatic rings. The number of benzene rings is 1. The van der Waals surface area contributed by atoms with Gasteiger partial charge in [-0.3, -0.25) is 4.90 Å². The number of methoxy groups -OCH3 is 1. The Morgan fingerprint density at radius 1 is 1.50 bits per heavy atom. The summed E-state index contributed by atoms with van der Waals surface area (Å²) in [5.41, 5.74) is 6.97. The maximum Gasteiger partial charge on any atom is 0.0900 e. The molecular weight excluding hydrogens is 296 g/mol. The highest BCUT2D eigenvalue weighted by atomic mass is 79.9. The smallest absolute Gasteiger partial charge is 0.0900 e. The van der Waals surface area contributed by atoms with Crippen LogP contribution in [0, 0.1) is 0 Å². The van der Waals surface area contributed by atoms with Gasteiger partial charge in [0.1, 0.15) is 0 Å². The molecule has 102 valence electrons. The van der Waals surface area contributed by atoms with E-state index in [2.05, 4.69) is 22.0 Å². The molecule has 0 amide bonds. The molecular formula is C13H21BrN2O2. The van der Waals surface area contributed by atoms with E-state index in [1.165, 1.54) is 0 Å². The first-order chi connectivity index (χ1) is 8.58. The minimum absolute atomic E-state index is 0.0917. The first-order valence-electron chi connectivity index (χ1n) is 5.91. The second-order valence-electron chi connectivity index (χ2n) is 4.36. The number of likely N-dealkylation sites (N-methyl/N-ethyl adjacent to an activating group) is 1. The molecule has 0 spiro atoms. The standard InChI is InChI=1S/C13H21BrN2O2/c1-16(8-12(17)9-18-2)13(7-15)10-4-3-5-11(14)6-10/h3-6,12-13,17H,7-9,15H2,1-2H3. The van der Waals surface area contributed by atoms with Gasteiger partial charge in [0.05, 0.1) is 12.7 Å². The zero-order valence-electron chi connectivity index (χ0n) is 10.8. The number of hydrogen-bond donors (Lipinski definition) is 2. The summed E-state index contributed by atoms with van der Waals surface area (Å²) in [6.07, 6.45) is -0.499. The number of aliphatic hydroxyl groups excluding tert-OH is 1. The number of nitrogens with zero attached hydrogens (tertiary/aromatic N) is 1. The van der Waals surface area contributed by atoms with Crippen LogP contribution in [0.5, 0.6) is 0 Å². The summed E-state index contributed by atoms with van der Waals surface area (Å²) < 4.78 is 5.96. The molecule has 2 atom stereocenters. The highest BCUT2D eigenvalue weighted by Gasteiger charge is 2.18. The Kier molecular flexibility index (Phi) is 6.81. The third kappa shape index (κ3) is 4.66. The zero-order chi connectivity index (χ0) is 13.5. The Morgan fingerprint density at radius 2 is 2.22 bits per heavy atom. The van der Waals surface area contributed by atoms with E-state index in [-0.39, 0.29) is 6.04 Å². The average Bonchev–Trinajstić information content (AvgIpc) is 2.30. The molecule has 0 fully saturated rings. The van der Waals surface area contributed by atoms with E-state index < -0.39 is 6.10 Å². The predicted molar refractivity (Wildman–Crippen MR) is 76.5 cm³/mol. The van der Waals surface area contributed by atoms with Crippen LogP contribution in [0.4, 0.5) is 0 Å². The van der Waals surface area contributed by atoms with Gasteiger partial charge in [-0.1, -0.05) is 28.1 Å². The summed E-state index contributed by atoms with van der Waals surface area (Å²) in [6.45, 7) is 1.37. The highest BCUT2D eigenvalue weighted by Crippen LogP contribution is 2.21.